The number of aromatic nitrogens is 5. The van der Waals surface area contributed by atoms with Gasteiger partial charge < -0.3 is 4.90 Å². The lowest BCUT2D eigenvalue weighted by molar-refractivity contribution is 0.0594. The molecule has 0 radical (unpaired) electrons. The third kappa shape index (κ3) is 2.85. The zero-order valence-electron chi connectivity index (χ0n) is 15.9. The number of aromatic amines is 1. The van der Waals surface area contributed by atoms with E-state index in [4.69, 9.17) is 0 Å². The summed E-state index contributed by atoms with van der Waals surface area (Å²) >= 11 is 0. The van der Waals surface area contributed by atoms with E-state index in [1.807, 2.05) is 24.8 Å². The Labute approximate surface area is 156 Å². The van der Waals surface area contributed by atoms with Crippen molar-refractivity contribution in [3.05, 3.63) is 51.3 Å². The maximum absolute atomic E-state index is 13.1. The van der Waals surface area contributed by atoms with Gasteiger partial charge in [0.25, 0.3) is 11.5 Å². The summed E-state index contributed by atoms with van der Waals surface area (Å²) in [5.41, 5.74) is 3.43. The van der Waals surface area contributed by atoms with Crippen LogP contribution in [0.3, 0.4) is 0 Å². The summed E-state index contributed by atoms with van der Waals surface area (Å²) in [7, 11) is 1.77. The van der Waals surface area contributed by atoms with Crippen LogP contribution < -0.4 is 5.56 Å². The topological polar surface area (TPSA) is 88.3 Å². The van der Waals surface area contributed by atoms with Gasteiger partial charge >= 0.3 is 0 Å². The van der Waals surface area contributed by atoms with Crippen molar-refractivity contribution in [2.24, 2.45) is 7.05 Å². The van der Waals surface area contributed by atoms with Crippen LogP contribution in [0.2, 0.25) is 0 Å². The van der Waals surface area contributed by atoms with Gasteiger partial charge in [-0.15, -0.1) is 0 Å². The number of aryl methyl sites for hydroxylation is 2. The summed E-state index contributed by atoms with van der Waals surface area (Å²) in [6.07, 6.45) is 5.14. The maximum atomic E-state index is 13.1. The van der Waals surface area contributed by atoms with Gasteiger partial charge in [-0.25, -0.2) is 9.50 Å². The predicted molar refractivity (Wildman–Crippen MR) is 101 cm³/mol. The normalized spacial score (nSPS) is 17.6. The average molecular weight is 368 g/mol. The first kappa shape index (κ1) is 17.5. The summed E-state index contributed by atoms with van der Waals surface area (Å²) < 4.78 is 3.10. The summed E-state index contributed by atoms with van der Waals surface area (Å²) in [5.74, 6) is -0.0379. The Balaban J connectivity index is 1.76. The van der Waals surface area contributed by atoms with Crippen LogP contribution in [0.1, 0.15) is 59.7 Å². The Hall–Kier alpha value is -2.90. The van der Waals surface area contributed by atoms with E-state index in [0.717, 1.165) is 30.7 Å². The van der Waals surface area contributed by atoms with Crippen LogP contribution in [0.25, 0.3) is 5.65 Å². The number of nitrogens with one attached hydrogen (secondary N) is 1. The molecule has 0 aliphatic carbocycles. The van der Waals surface area contributed by atoms with Gasteiger partial charge in [-0.3, -0.25) is 19.4 Å². The fraction of sp³-hybridized carbons (Fsp3) is 0.474. The zero-order valence-corrected chi connectivity index (χ0v) is 15.9. The van der Waals surface area contributed by atoms with Crippen LogP contribution in [0.4, 0.5) is 0 Å². The Kier molecular flexibility index (Phi) is 4.33. The number of carbonyl (C=O) groups excluding carboxylic acids is 1. The van der Waals surface area contributed by atoms with Crippen molar-refractivity contribution < 1.29 is 4.79 Å². The van der Waals surface area contributed by atoms with Gasteiger partial charge in [0.15, 0.2) is 5.65 Å². The molecular weight excluding hydrogens is 344 g/mol. The molecule has 8 heteroatoms. The van der Waals surface area contributed by atoms with Gasteiger partial charge in [-0.1, -0.05) is 6.92 Å². The second kappa shape index (κ2) is 6.68. The molecule has 0 spiro atoms. The number of hydrogen-bond donors (Lipinski definition) is 1. The standard InChI is InChI=1S/C19H24N6O2/c1-4-13-12(2)21-17-11-14(22-25(17)18(13)26)15-7-5-6-10-24(15)19(27)16-8-9-20-23(16)3/h8-9,11,15,22H,4-7,10H2,1-3H3/t15-/m0/s1. The van der Waals surface area contributed by atoms with Crippen LogP contribution in [-0.2, 0) is 13.5 Å². The molecule has 0 saturated carbocycles. The van der Waals surface area contributed by atoms with Crippen molar-refractivity contribution in [3.8, 4) is 0 Å². The molecule has 8 nitrogen and oxygen atoms in total. The van der Waals surface area contributed by atoms with E-state index < -0.39 is 0 Å². The number of H-pyrrole nitrogens is 1. The van der Waals surface area contributed by atoms with E-state index in [-0.39, 0.29) is 17.5 Å². The van der Waals surface area contributed by atoms with Crippen LogP contribution in [0, 0.1) is 6.92 Å². The first-order valence-electron chi connectivity index (χ1n) is 9.41. The van der Waals surface area contributed by atoms with Crippen molar-refractivity contribution >= 4 is 11.6 Å². The van der Waals surface area contributed by atoms with Gasteiger partial charge in [-0.2, -0.15) is 5.10 Å². The SMILES string of the molecule is CCc1c(C)nc2cc([C@@H]3CCCCN3C(=O)c3ccnn3C)[nH]n2c1=O. The molecule has 4 rings (SSSR count). The number of likely N-dealkylation sites (tertiary alicyclic amines) is 1. The molecule has 3 aromatic rings. The van der Waals surface area contributed by atoms with Crippen LogP contribution in [0.15, 0.2) is 23.1 Å². The first-order chi connectivity index (χ1) is 13.0. The molecule has 1 amide bonds. The molecule has 0 bridgehead atoms. The summed E-state index contributed by atoms with van der Waals surface area (Å²) in [6.45, 7) is 4.51. The quantitative estimate of drug-likeness (QED) is 0.766. The smallest absolute Gasteiger partial charge is 0.276 e. The largest absolute Gasteiger partial charge is 0.329 e. The summed E-state index contributed by atoms with van der Waals surface area (Å²) in [6, 6.07) is 3.53. The van der Waals surface area contributed by atoms with E-state index in [0.29, 0.717) is 29.9 Å². The highest BCUT2D eigenvalue weighted by Crippen LogP contribution is 2.31. The molecule has 0 unspecified atom stereocenters. The number of carbonyl (C=O) groups is 1. The molecule has 3 aromatic heterocycles. The lowest BCUT2D eigenvalue weighted by Crippen LogP contribution is -2.39. The number of amides is 1. The van der Waals surface area contributed by atoms with Crippen molar-refractivity contribution in [2.75, 3.05) is 6.54 Å². The number of fused-ring (bicyclic) bond motifs is 1. The maximum Gasteiger partial charge on any atom is 0.276 e. The molecular formula is C19H24N6O2. The first-order valence-corrected chi connectivity index (χ1v) is 9.41. The highest BCUT2D eigenvalue weighted by Gasteiger charge is 2.31. The number of nitrogens with zero attached hydrogens (tertiary/aromatic N) is 5. The third-order valence-electron chi connectivity index (χ3n) is 5.45. The van der Waals surface area contributed by atoms with Gasteiger partial charge in [0.05, 0.1) is 11.7 Å². The van der Waals surface area contributed by atoms with E-state index in [1.54, 1.807) is 24.0 Å². The Morgan fingerprint density at radius 3 is 2.89 bits per heavy atom. The van der Waals surface area contributed by atoms with E-state index in [9.17, 15) is 9.59 Å². The molecule has 1 aliphatic heterocycles. The second-order valence-corrected chi connectivity index (χ2v) is 7.09. The number of rotatable bonds is 3. The Bertz CT molecular complexity index is 1060. The zero-order chi connectivity index (χ0) is 19.1. The van der Waals surface area contributed by atoms with Crippen molar-refractivity contribution in [1.29, 1.82) is 0 Å². The lowest BCUT2D eigenvalue weighted by Gasteiger charge is -2.35. The monoisotopic (exact) mass is 368 g/mol. The van der Waals surface area contributed by atoms with Crippen LogP contribution in [-0.4, -0.2) is 41.7 Å². The summed E-state index contributed by atoms with van der Waals surface area (Å²) in [4.78, 5) is 32.2. The van der Waals surface area contributed by atoms with E-state index in [1.165, 1.54) is 4.52 Å². The number of hydrogen-bond acceptors (Lipinski definition) is 4. The predicted octanol–water partition coefficient (Wildman–Crippen LogP) is 1.99. The van der Waals surface area contributed by atoms with E-state index >= 15 is 0 Å². The fourth-order valence-corrected chi connectivity index (χ4v) is 3.99. The van der Waals surface area contributed by atoms with Gasteiger partial charge in [0, 0.05) is 37.1 Å². The van der Waals surface area contributed by atoms with Crippen molar-refractivity contribution in [1.82, 2.24) is 29.3 Å². The lowest BCUT2D eigenvalue weighted by atomic mass is 9.99. The molecule has 1 aliphatic rings. The van der Waals surface area contributed by atoms with Crippen LogP contribution in [0.5, 0.6) is 0 Å². The fourth-order valence-electron chi connectivity index (χ4n) is 3.99. The molecule has 1 atom stereocenters. The number of piperidine rings is 1. The molecule has 1 saturated heterocycles. The van der Waals surface area contributed by atoms with Gasteiger partial charge in [-0.05, 0) is 38.7 Å². The third-order valence-corrected chi connectivity index (χ3v) is 5.45. The second-order valence-electron chi connectivity index (χ2n) is 7.09. The van der Waals surface area contributed by atoms with Crippen molar-refractivity contribution in [2.45, 2.75) is 45.6 Å². The average Bonchev–Trinajstić information content (AvgIpc) is 3.28. The van der Waals surface area contributed by atoms with Gasteiger partial charge in [0.1, 0.15) is 5.69 Å². The highest BCUT2D eigenvalue weighted by atomic mass is 16.2. The summed E-state index contributed by atoms with van der Waals surface area (Å²) in [5, 5.41) is 7.32. The van der Waals surface area contributed by atoms with Gasteiger partial charge in [0.2, 0.25) is 0 Å². The molecule has 142 valence electrons. The highest BCUT2D eigenvalue weighted by molar-refractivity contribution is 5.92. The molecule has 4 heterocycles. The Morgan fingerprint density at radius 2 is 2.19 bits per heavy atom. The Morgan fingerprint density at radius 1 is 1.37 bits per heavy atom. The molecule has 1 N–H and O–H groups in total. The minimum absolute atomic E-state index is 0.0379. The van der Waals surface area contributed by atoms with Crippen molar-refractivity contribution in [3.63, 3.8) is 0 Å². The molecule has 0 aromatic carbocycles. The minimum Gasteiger partial charge on any atom is -0.329 e. The minimum atomic E-state index is -0.104. The molecule has 27 heavy (non-hydrogen) atoms. The molecule has 1 fully saturated rings. The van der Waals surface area contributed by atoms with Crippen LogP contribution >= 0.6 is 0 Å². The van der Waals surface area contributed by atoms with E-state index in [2.05, 4.69) is 15.2 Å².